The number of allylic oxidation sites excluding steroid dienone is 2. The van der Waals surface area contributed by atoms with Crippen LogP contribution >= 0.6 is 0 Å². The molecule has 0 unspecified atom stereocenters. The van der Waals surface area contributed by atoms with E-state index >= 15 is 0 Å². The molecule has 0 radical (unpaired) electrons. The number of nitrogens with zero attached hydrogens (tertiary/aromatic N) is 1. The first-order valence-corrected chi connectivity index (χ1v) is 6.35. The maximum absolute atomic E-state index is 2.39. The second kappa shape index (κ2) is 3.49. The van der Waals surface area contributed by atoms with E-state index in [2.05, 4.69) is 50.6 Å². The number of hydrogen-bond acceptors (Lipinski definition) is 0. The molecule has 17 heavy (non-hydrogen) atoms. The lowest BCUT2D eigenvalue weighted by Crippen LogP contribution is -2.04. The monoisotopic (exact) mass is 225 g/mol. The second-order valence-electron chi connectivity index (χ2n) is 5.26. The van der Waals surface area contributed by atoms with Gasteiger partial charge in [-0.05, 0) is 50.3 Å². The molecule has 1 heterocycles. The van der Waals surface area contributed by atoms with E-state index in [9.17, 15) is 0 Å². The Labute approximate surface area is 103 Å². The zero-order valence-corrected chi connectivity index (χ0v) is 11.1. The molecule has 0 saturated carbocycles. The van der Waals surface area contributed by atoms with Crippen molar-refractivity contribution in [3.63, 3.8) is 0 Å². The molecule has 1 aliphatic carbocycles. The minimum Gasteiger partial charge on any atom is -0.343 e. The molecule has 0 aliphatic heterocycles. The van der Waals surface area contributed by atoms with Crippen molar-refractivity contribution in [2.75, 3.05) is 0 Å². The summed E-state index contributed by atoms with van der Waals surface area (Å²) in [5.74, 6) is 0. The molecule has 0 saturated heterocycles. The largest absolute Gasteiger partial charge is 0.343 e. The van der Waals surface area contributed by atoms with Crippen LogP contribution in [0.3, 0.4) is 0 Å². The Bertz CT molecular complexity index is 641. The molecule has 0 fully saturated rings. The van der Waals surface area contributed by atoms with E-state index in [1.807, 2.05) is 0 Å². The first kappa shape index (κ1) is 10.6. The fourth-order valence-corrected chi connectivity index (χ4v) is 3.22. The fourth-order valence-electron chi connectivity index (χ4n) is 3.22. The maximum atomic E-state index is 2.39. The van der Waals surface area contributed by atoms with Gasteiger partial charge in [-0.2, -0.15) is 0 Å². The molecule has 1 aliphatic rings. The van der Waals surface area contributed by atoms with E-state index in [1.54, 1.807) is 11.1 Å². The van der Waals surface area contributed by atoms with E-state index in [-0.39, 0.29) is 0 Å². The van der Waals surface area contributed by atoms with Crippen LogP contribution in [0, 0.1) is 6.92 Å². The summed E-state index contributed by atoms with van der Waals surface area (Å²) >= 11 is 0. The zero-order chi connectivity index (χ0) is 12.2. The smallest absolute Gasteiger partial charge is 0.0515 e. The number of aromatic nitrogens is 1. The molecule has 1 heteroatoms. The van der Waals surface area contributed by atoms with Crippen molar-refractivity contribution in [3.8, 4) is 0 Å². The molecule has 0 N–H and O–H groups in total. The van der Waals surface area contributed by atoms with Crippen LogP contribution in [0.4, 0.5) is 0 Å². The second-order valence-corrected chi connectivity index (χ2v) is 5.26. The summed E-state index contributed by atoms with van der Waals surface area (Å²) in [4.78, 5) is 0. The van der Waals surface area contributed by atoms with Crippen LogP contribution in [0.1, 0.15) is 37.1 Å². The maximum Gasteiger partial charge on any atom is 0.0515 e. The first-order valence-electron chi connectivity index (χ1n) is 6.35. The summed E-state index contributed by atoms with van der Waals surface area (Å²) in [5.41, 5.74) is 8.81. The van der Waals surface area contributed by atoms with Crippen LogP contribution in [0.25, 0.3) is 16.5 Å². The summed E-state index contributed by atoms with van der Waals surface area (Å²) in [5, 5.41) is 1.45. The van der Waals surface area contributed by atoms with Gasteiger partial charge in [-0.25, -0.2) is 0 Å². The van der Waals surface area contributed by atoms with Gasteiger partial charge in [0.25, 0.3) is 0 Å². The van der Waals surface area contributed by atoms with Crippen molar-refractivity contribution in [1.29, 1.82) is 0 Å². The standard InChI is InChI=1S/C16H19N/c1-10-8-9-14-13-7-5-6-11(2)15(13)17(4)16(14)12(10)3/h5-7H,8-9H2,1-4H3. The molecule has 0 amide bonds. The van der Waals surface area contributed by atoms with Gasteiger partial charge < -0.3 is 4.57 Å². The summed E-state index contributed by atoms with van der Waals surface area (Å²) in [7, 11) is 2.20. The van der Waals surface area contributed by atoms with E-state index < -0.39 is 0 Å². The summed E-state index contributed by atoms with van der Waals surface area (Å²) in [6.07, 6.45) is 2.41. The van der Waals surface area contributed by atoms with Crippen molar-refractivity contribution in [2.45, 2.75) is 33.6 Å². The predicted octanol–water partition coefficient (Wildman–Crippen LogP) is 4.23. The normalized spacial score (nSPS) is 15.5. The highest BCUT2D eigenvalue weighted by Gasteiger charge is 2.21. The van der Waals surface area contributed by atoms with Gasteiger partial charge in [-0.1, -0.05) is 23.8 Å². The average Bonchev–Trinajstić information content (AvgIpc) is 2.59. The molecule has 1 nitrogen and oxygen atoms in total. The van der Waals surface area contributed by atoms with Crippen LogP contribution in [-0.4, -0.2) is 4.57 Å². The third-order valence-corrected chi connectivity index (χ3v) is 4.26. The number of hydrogen-bond donors (Lipinski definition) is 0. The van der Waals surface area contributed by atoms with Gasteiger partial charge in [-0.15, -0.1) is 0 Å². The van der Waals surface area contributed by atoms with Crippen molar-refractivity contribution < 1.29 is 0 Å². The van der Waals surface area contributed by atoms with Gasteiger partial charge in [0.05, 0.1) is 5.52 Å². The van der Waals surface area contributed by atoms with Gasteiger partial charge in [0, 0.05) is 18.1 Å². The lowest BCUT2D eigenvalue weighted by molar-refractivity contribution is 0.866. The Balaban J connectivity index is 2.48. The highest BCUT2D eigenvalue weighted by atomic mass is 15.0. The molecular formula is C16H19N. The Morgan fingerprint density at radius 1 is 1.06 bits per heavy atom. The molecule has 1 aromatic carbocycles. The van der Waals surface area contributed by atoms with Gasteiger partial charge in [-0.3, -0.25) is 0 Å². The summed E-state index contributed by atoms with van der Waals surface area (Å²) in [6.45, 7) is 6.74. The topological polar surface area (TPSA) is 4.93 Å². The molecule has 0 bridgehead atoms. The molecule has 0 spiro atoms. The van der Waals surface area contributed by atoms with E-state index in [0.29, 0.717) is 0 Å². The van der Waals surface area contributed by atoms with Crippen molar-refractivity contribution in [1.82, 2.24) is 4.57 Å². The number of rotatable bonds is 0. The molecular weight excluding hydrogens is 206 g/mol. The van der Waals surface area contributed by atoms with E-state index in [0.717, 1.165) is 0 Å². The lowest BCUT2D eigenvalue weighted by Gasteiger charge is -2.17. The lowest BCUT2D eigenvalue weighted by atomic mass is 9.90. The van der Waals surface area contributed by atoms with Gasteiger partial charge in [0.1, 0.15) is 0 Å². The zero-order valence-electron chi connectivity index (χ0n) is 11.1. The Morgan fingerprint density at radius 2 is 1.82 bits per heavy atom. The number of aryl methyl sites for hydroxylation is 3. The molecule has 3 rings (SSSR count). The summed E-state index contributed by atoms with van der Waals surface area (Å²) in [6, 6.07) is 6.66. The Hall–Kier alpha value is -1.50. The van der Waals surface area contributed by atoms with Crippen molar-refractivity contribution >= 4 is 16.5 Å². The highest BCUT2D eigenvalue weighted by Crippen LogP contribution is 2.37. The van der Waals surface area contributed by atoms with Gasteiger partial charge in [0.2, 0.25) is 0 Å². The van der Waals surface area contributed by atoms with Crippen LogP contribution in [0.5, 0.6) is 0 Å². The third-order valence-electron chi connectivity index (χ3n) is 4.26. The van der Waals surface area contributed by atoms with Crippen LogP contribution < -0.4 is 0 Å². The Morgan fingerprint density at radius 3 is 2.59 bits per heavy atom. The van der Waals surface area contributed by atoms with E-state index in [4.69, 9.17) is 0 Å². The average molecular weight is 225 g/mol. The number of fused-ring (bicyclic) bond motifs is 3. The van der Waals surface area contributed by atoms with Gasteiger partial charge in [0.15, 0.2) is 0 Å². The highest BCUT2D eigenvalue weighted by molar-refractivity contribution is 5.93. The van der Waals surface area contributed by atoms with Crippen LogP contribution in [0.2, 0.25) is 0 Å². The van der Waals surface area contributed by atoms with Crippen LogP contribution in [0.15, 0.2) is 23.8 Å². The summed E-state index contributed by atoms with van der Waals surface area (Å²) < 4.78 is 2.39. The number of benzene rings is 1. The molecule has 1 aromatic heterocycles. The third kappa shape index (κ3) is 1.32. The van der Waals surface area contributed by atoms with E-state index in [1.165, 1.54) is 40.6 Å². The van der Waals surface area contributed by atoms with Crippen molar-refractivity contribution in [3.05, 3.63) is 40.6 Å². The Kier molecular flexibility index (Phi) is 2.19. The quantitative estimate of drug-likeness (QED) is 0.632. The van der Waals surface area contributed by atoms with Crippen molar-refractivity contribution in [2.24, 2.45) is 7.05 Å². The SMILES string of the molecule is CC1=C(C)c2c(c3cccc(C)c3n2C)CC1. The number of para-hydroxylation sites is 1. The fraction of sp³-hybridized carbons (Fsp3) is 0.375. The minimum absolute atomic E-state index is 1.19. The minimum atomic E-state index is 1.19. The van der Waals surface area contributed by atoms with Gasteiger partial charge >= 0.3 is 0 Å². The molecule has 0 atom stereocenters. The molecule has 2 aromatic rings. The first-order chi connectivity index (χ1) is 8.11. The molecule has 88 valence electrons. The predicted molar refractivity (Wildman–Crippen MR) is 74.2 cm³/mol. The van der Waals surface area contributed by atoms with Crippen LogP contribution in [-0.2, 0) is 13.5 Å².